The number of hydrogen-bond acceptors (Lipinski definition) is 4. The average molecular weight is 491 g/mol. The summed E-state index contributed by atoms with van der Waals surface area (Å²) in [6.45, 7) is 6.19. The van der Waals surface area contributed by atoms with Gasteiger partial charge in [-0.15, -0.1) is 0 Å². The van der Waals surface area contributed by atoms with Gasteiger partial charge >= 0.3 is 12.1 Å². The molecular weight excluding hydrogens is 466 g/mol. The summed E-state index contributed by atoms with van der Waals surface area (Å²) in [6, 6.07) is 15.4. The Morgan fingerprint density at radius 2 is 1.89 bits per heavy atom. The molecule has 6 nitrogen and oxygen atoms in total. The molecule has 1 unspecified atom stereocenters. The number of ether oxygens (including phenoxy) is 1. The monoisotopic (exact) mass is 491 g/mol. The van der Waals surface area contributed by atoms with Crippen LogP contribution in [0.5, 0.6) is 0 Å². The van der Waals surface area contributed by atoms with Crippen molar-refractivity contribution in [2.24, 2.45) is 0 Å². The van der Waals surface area contributed by atoms with Gasteiger partial charge in [0.1, 0.15) is 23.8 Å². The molecule has 35 heavy (non-hydrogen) atoms. The molecule has 1 aromatic heterocycles. The first-order valence-electron chi connectivity index (χ1n) is 11.1. The lowest BCUT2D eigenvalue weighted by Crippen LogP contribution is -2.44. The number of carbonyl (C=O) groups is 1. The van der Waals surface area contributed by atoms with Crippen LogP contribution in [-0.2, 0) is 29.2 Å². The van der Waals surface area contributed by atoms with Crippen LogP contribution < -0.4 is 0 Å². The molecule has 0 radical (unpaired) electrons. The van der Waals surface area contributed by atoms with Crippen LogP contribution in [0, 0.1) is 12.7 Å². The highest BCUT2D eigenvalue weighted by atomic mass is 19.4. The van der Waals surface area contributed by atoms with Crippen LogP contribution in [0.3, 0.4) is 0 Å². The van der Waals surface area contributed by atoms with E-state index in [-0.39, 0.29) is 11.4 Å². The molecule has 5 rings (SSSR count). The summed E-state index contributed by atoms with van der Waals surface area (Å²) in [6.07, 6.45) is -2.11. The predicted octanol–water partition coefficient (Wildman–Crippen LogP) is 4.81. The Balaban J connectivity index is 0.000000364. The normalized spacial score (nSPS) is 19.8. The Hall–Kier alpha value is -3.24. The van der Waals surface area contributed by atoms with E-state index in [4.69, 9.17) is 14.6 Å². The zero-order valence-corrected chi connectivity index (χ0v) is 19.1. The van der Waals surface area contributed by atoms with E-state index in [9.17, 15) is 17.6 Å². The van der Waals surface area contributed by atoms with Crippen molar-refractivity contribution in [1.29, 1.82) is 0 Å². The summed E-state index contributed by atoms with van der Waals surface area (Å²) in [5, 5.41) is 7.12. The molecule has 1 N–H and O–H groups in total. The summed E-state index contributed by atoms with van der Waals surface area (Å²) in [4.78, 5) is 15.9. The number of aryl methyl sites for hydroxylation is 1. The fraction of sp³-hybridized carbons (Fsp3) is 0.360. The largest absolute Gasteiger partial charge is 0.490 e. The van der Waals surface area contributed by atoms with Crippen LogP contribution >= 0.6 is 0 Å². The average Bonchev–Trinajstić information content (AvgIpc) is 3.39. The molecular formula is C25H25F4N3O3. The summed E-state index contributed by atoms with van der Waals surface area (Å²) in [5.74, 6) is -1.94. The second-order valence-electron chi connectivity index (χ2n) is 8.88. The van der Waals surface area contributed by atoms with Gasteiger partial charge in [-0.1, -0.05) is 35.9 Å². The minimum atomic E-state index is -5.08. The first-order chi connectivity index (χ1) is 16.5. The maximum atomic E-state index is 13.2. The highest BCUT2D eigenvalue weighted by Crippen LogP contribution is 2.35. The molecule has 2 aliphatic heterocycles. The number of likely N-dealkylation sites (tertiary alicyclic amines) is 1. The Morgan fingerprint density at radius 3 is 2.54 bits per heavy atom. The molecule has 1 saturated heterocycles. The molecule has 2 aromatic carbocycles. The van der Waals surface area contributed by atoms with Crippen molar-refractivity contribution in [3.8, 4) is 11.3 Å². The molecule has 0 saturated carbocycles. The van der Waals surface area contributed by atoms with Crippen molar-refractivity contribution in [2.45, 2.75) is 44.8 Å². The van der Waals surface area contributed by atoms with Gasteiger partial charge in [-0.05, 0) is 37.1 Å². The van der Waals surface area contributed by atoms with Crippen molar-refractivity contribution in [2.75, 3.05) is 13.1 Å². The second kappa shape index (κ2) is 9.79. The van der Waals surface area contributed by atoms with Gasteiger partial charge in [0.05, 0.1) is 18.4 Å². The first-order valence-corrected chi connectivity index (χ1v) is 11.1. The van der Waals surface area contributed by atoms with Crippen LogP contribution in [-0.4, -0.2) is 50.4 Å². The molecule has 1 fully saturated rings. The van der Waals surface area contributed by atoms with Gasteiger partial charge in [-0.2, -0.15) is 13.2 Å². The minimum Gasteiger partial charge on any atom is -0.475 e. The molecule has 3 heterocycles. The van der Waals surface area contributed by atoms with E-state index in [0.717, 1.165) is 44.0 Å². The first kappa shape index (κ1) is 24.9. The van der Waals surface area contributed by atoms with Gasteiger partial charge < -0.3 is 14.4 Å². The summed E-state index contributed by atoms with van der Waals surface area (Å²) < 4.78 is 53.6. The molecule has 0 amide bonds. The van der Waals surface area contributed by atoms with E-state index < -0.39 is 12.1 Å². The Labute approximate surface area is 199 Å². The Morgan fingerprint density at radius 1 is 1.17 bits per heavy atom. The number of aliphatic carboxylic acids is 1. The van der Waals surface area contributed by atoms with Crippen LogP contribution in [0.1, 0.15) is 23.4 Å². The molecule has 10 heteroatoms. The Bertz CT molecular complexity index is 1190. The number of hydrogen-bond donors (Lipinski definition) is 1. The zero-order valence-electron chi connectivity index (χ0n) is 19.1. The lowest BCUT2D eigenvalue weighted by molar-refractivity contribution is -0.192. The quantitative estimate of drug-likeness (QED) is 0.533. The number of fused-ring (bicyclic) bond motifs is 1. The standard InChI is InChI=1S/C23H24FN3O.C2HF3O2/c1-17-3-2-4-19(11-17)21-12-25-22-14-28-23(16-27(21)22)9-10-26(15-23)13-18-5-7-20(24)8-6-18;3-2(4,5)1(6)7/h2-8,11-12H,9-10,13-16H2,1H3;(H,6,7). The number of aromatic nitrogens is 2. The van der Waals surface area contributed by atoms with Crippen molar-refractivity contribution >= 4 is 5.97 Å². The van der Waals surface area contributed by atoms with Crippen molar-refractivity contribution in [3.63, 3.8) is 0 Å². The van der Waals surface area contributed by atoms with E-state index in [1.165, 1.54) is 29.0 Å². The van der Waals surface area contributed by atoms with Crippen LogP contribution in [0.4, 0.5) is 17.6 Å². The number of rotatable bonds is 3. The highest BCUT2D eigenvalue weighted by molar-refractivity contribution is 5.73. The maximum absolute atomic E-state index is 13.2. The van der Waals surface area contributed by atoms with Gasteiger partial charge in [0.15, 0.2) is 0 Å². The summed E-state index contributed by atoms with van der Waals surface area (Å²) in [5.41, 5.74) is 4.58. The number of carboxylic acid groups (broad SMARTS) is 1. The summed E-state index contributed by atoms with van der Waals surface area (Å²) >= 11 is 0. The third-order valence-electron chi connectivity index (χ3n) is 6.16. The van der Waals surface area contributed by atoms with Gasteiger partial charge in [0.25, 0.3) is 0 Å². The van der Waals surface area contributed by atoms with Crippen molar-refractivity contribution in [1.82, 2.24) is 14.5 Å². The molecule has 1 atom stereocenters. The van der Waals surface area contributed by atoms with E-state index in [1.54, 1.807) is 0 Å². The lowest BCUT2D eigenvalue weighted by atomic mass is 10.0. The van der Waals surface area contributed by atoms with E-state index in [1.807, 2.05) is 18.3 Å². The zero-order chi connectivity index (χ0) is 25.2. The second-order valence-corrected chi connectivity index (χ2v) is 8.88. The number of imidazole rings is 1. The van der Waals surface area contributed by atoms with Crippen LogP contribution in [0.15, 0.2) is 54.7 Å². The number of benzene rings is 2. The fourth-order valence-electron chi connectivity index (χ4n) is 4.45. The number of alkyl halides is 3. The topological polar surface area (TPSA) is 67.6 Å². The molecule has 1 spiro atoms. The van der Waals surface area contributed by atoms with Gasteiger partial charge in [-0.25, -0.2) is 14.2 Å². The third kappa shape index (κ3) is 5.88. The molecule has 186 valence electrons. The van der Waals surface area contributed by atoms with Crippen molar-refractivity contribution < 1.29 is 32.2 Å². The SMILES string of the molecule is Cc1cccc(-c2cnc3n2CC2(CCN(Cc4ccc(F)cc4)C2)OC3)c1.O=C(O)C(F)(F)F. The van der Waals surface area contributed by atoms with Gasteiger partial charge in [-0.3, -0.25) is 4.90 Å². The number of carboxylic acids is 1. The van der Waals surface area contributed by atoms with Crippen molar-refractivity contribution in [3.05, 3.63) is 77.5 Å². The van der Waals surface area contributed by atoms with E-state index >= 15 is 0 Å². The van der Waals surface area contributed by atoms with Crippen LogP contribution in [0.2, 0.25) is 0 Å². The number of nitrogens with zero attached hydrogens (tertiary/aromatic N) is 3. The van der Waals surface area contributed by atoms with E-state index in [2.05, 4.69) is 45.6 Å². The fourth-order valence-corrected chi connectivity index (χ4v) is 4.45. The minimum absolute atomic E-state index is 0.174. The lowest BCUT2D eigenvalue weighted by Gasteiger charge is -2.35. The Kier molecular flexibility index (Phi) is 6.95. The molecule has 0 aliphatic carbocycles. The van der Waals surface area contributed by atoms with Gasteiger partial charge in [0, 0.05) is 25.2 Å². The molecule has 3 aromatic rings. The molecule has 2 aliphatic rings. The van der Waals surface area contributed by atoms with Crippen LogP contribution in [0.25, 0.3) is 11.3 Å². The molecule has 0 bridgehead atoms. The maximum Gasteiger partial charge on any atom is 0.490 e. The smallest absolute Gasteiger partial charge is 0.475 e. The summed E-state index contributed by atoms with van der Waals surface area (Å²) in [7, 11) is 0. The highest BCUT2D eigenvalue weighted by Gasteiger charge is 2.43. The van der Waals surface area contributed by atoms with E-state index in [0.29, 0.717) is 6.61 Å². The predicted molar refractivity (Wildman–Crippen MR) is 120 cm³/mol. The van der Waals surface area contributed by atoms with Gasteiger partial charge in [0.2, 0.25) is 0 Å². The third-order valence-corrected chi connectivity index (χ3v) is 6.16. The number of halogens is 4.